The van der Waals surface area contributed by atoms with Crippen LogP contribution in [0.3, 0.4) is 0 Å². The maximum atomic E-state index is 12.7. The van der Waals surface area contributed by atoms with Gasteiger partial charge < -0.3 is 10.6 Å². The first-order chi connectivity index (χ1) is 12.3. The van der Waals surface area contributed by atoms with Gasteiger partial charge in [-0.15, -0.1) is 12.4 Å². The third-order valence-corrected chi connectivity index (χ3v) is 4.57. The van der Waals surface area contributed by atoms with Gasteiger partial charge in [0.25, 0.3) is 5.91 Å². The number of rotatable bonds is 4. The second-order valence-corrected chi connectivity index (χ2v) is 6.77. The van der Waals surface area contributed by atoms with E-state index in [4.69, 9.17) is 0 Å². The number of hydrogen-bond acceptors (Lipinski definition) is 3. The molecule has 1 aromatic carbocycles. The first kappa shape index (κ1) is 21.2. The monoisotopic (exact) mass is 402 g/mol. The Kier molecular flexibility index (Phi) is 6.54. The van der Waals surface area contributed by atoms with Crippen LogP contribution in [-0.2, 0) is 19.1 Å². The molecular weight excluding hydrogens is 381 g/mol. The largest absolute Gasteiger partial charge is 0.416 e. The molecule has 1 amide bonds. The molecule has 1 aromatic heterocycles. The van der Waals surface area contributed by atoms with E-state index in [1.54, 1.807) is 0 Å². The van der Waals surface area contributed by atoms with E-state index in [1.165, 1.54) is 12.1 Å². The number of fused-ring (bicyclic) bond motifs is 1. The highest BCUT2D eigenvalue weighted by molar-refractivity contribution is 5.94. The Morgan fingerprint density at radius 3 is 2.48 bits per heavy atom. The molecule has 3 rings (SSSR count). The lowest BCUT2D eigenvalue weighted by molar-refractivity contribution is -0.137. The minimum atomic E-state index is -4.38. The Hall–Kier alpha value is -2.06. The molecule has 1 aliphatic heterocycles. The number of alkyl halides is 3. The Labute approximate surface area is 161 Å². The molecule has 0 fully saturated rings. The average Bonchev–Trinajstić information content (AvgIpc) is 3.03. The highest BCUT2D eigenvalue weighted by atomic mass is 35.5. The molecule has 5 nitrogen and oxygen atoms in total. The number of nitrogens with zero attached hydrogens (tertiary/aromatic N) is 1. The maximum absolute atomic E-state index is 12.7. The van der Waals surface area contributed by atoms with Gasteiger partial charge in [-0.1, -0.05) is 26.0 Å². The lowest BCUT2D eigenvalue weighted by Crippen LogP contribution is -2.33. The summed E-state index contributed by atoms with van der Waals surface area (Å²) in [5, 5.41) is 13.1. The van der Waals surface area contributed by atoms with E-state index in [0.717, 1.165) is 36.4 Å². The second kappa shape index (κ2) is 8.31. The number of aromatic nitrogens is 2. The predicted octanol–water partition coefficient (Wildman–Crippen LogP) is 3.62. The van der Waals surface area contributed by atoms with Crippen LogP contribution >= 0.6 is 12.4 Å². The van der Waals surface area contributed by atoms with E-state index < -0.39 is 17.8 Å². The number of amides is 1. The number of H-pyrrole nitrogens is 1. The van der Waals surface area contributed by atoms with Crippen molar-refractivity contribution in [3.63, 3.8) is 0 Å². The molecule has 0 saturated carbocycles. The number of halogens is 4. The van der Waals surface area contributed by atoms with E-state index in [1.807, 2.05) is 13.8 Å². The van der Waals surface area contributed by atoms with Gasteiger partial charge in [-0.05, 0) is 23.6 Å². The van der Waals surface area contributed by atoms with Crippen molar-refractivity contribution in [2.24, 2.45) is 5.92 Å². The normalized spacial score (nSPS) is 15.0. The van der Waals surface area contributed by atoms with Crippen molar-refractivity contribution in [3.8, 4) is 0 Å². The summed E-state index contributed by atoms with van der Waals surface area (Å²) >= 11 is 0. The molecule has 27 heavy (non-hydrogen) atoms. The number of carbonyl (C=O) groups is 1. The minimum Gasteiger partial charge on any atom is -0.344 e. The zero-order valence-corrected chi connectivity index (χ0v) is 15.8. The number of nitrogens with one attached hydrogen (secondary N) is 3. The van der Waals surface area contributed by atoms with Crippen LogP contribution in [0.15, 0.2) is 24.3 Å². The van der Waals surface area contributed by atoms with Gasteiger partial charge in [-0.25, -0.2) is 0 Å². The third kappa shape index (κ3) is 4.62. The molecule has 148 valence electrons. The fourth-order valence-corrected chi connectivity index (χ4v) is 3.14. The van der Waals surface area contributed by atoms with Crippen molar-refractivity contribution < 1.29 is 18.0 Å². The molecule has 2 heterocycles. The van der Waals surface area contributed by atoms with Crippen LogP contribution in [0.25, 0.3) is 0 Å². The molecule has 0 bridgehead atoms. The van der Waals surface area contributed by atoms with Crippen molar-refractivity contribution >= 4 is 18.3 Å². The molecule has 1 atom stereocenters. The molecular formula is C18H22ClF3N4O. The lowest BCUT2D eigenvalue weighted by atomic mass is 9.94. The SMILES string of the molecule is CC(C)C(NC(=O)c1n[nH]c2c1CNCC2)c1ccc(C(F)(F)F)cc1.Cl. The number of benzene rings is 1. The topological polar surface area (TPSA) is 69.8 Å². The van der Waals surface area contributed by atoms with Gasteiger partial charge in [-0.2, -0.15) is 18.3 Å². The van der Waals surface area contributed by atoms with Crippen LogP contribution in [-0.4, -0.2) is 22.6 Å². The standard InChI is InChI=1S/C18H21F3N4O.ClH/c1-10(2)15(11-3-5-12(6-4-11)18(19,20)21)23-17(26)16-13-9-22-8-7-14(13)24-25-16;/h3-6,10,15,22H,7-9H2,1-2H3,(H,23,26)(H,24,25);1H. The molecule has 9 heteroatoms. The summed E-state index contributed by atoms with van der Waals surface area (Å²) in [5.41, 5.74) is 2.06. The van der Waals surface area contributed by atoms with Crippen molar-refractivity contribution in [1.29, 1.82) is 0 Å². The molecule has 0 aliphatic carbocycles. The summed E-state index contributed by atoms with van der Waals surface area (Å²) in [6, 6.07) is 4.49. The molecule has 0 radical (unpaired) electrons. The Bertz CT molecular complexity index is 787. The number of hydrogen-bond donors (Lipinski definition) is 3. The summed E-state index contributed by atoms with van der Waals surface area (Å²) < 4.78 is 38.2. The van der Waals surface area contributed by atoms with Crippen LogP contribution in [0.2, 0.25) is 0 Å². The van der Waals surface area contributed by atoms with Crippen LogP contribution < -0.4 is 10.6 Å². The predicted molar refractivity (Wildman–Crippen MR) is 97.7 cm³/mol. The van der Waals surface area contributed by atoms with Crippen molar-refractivity contribution in [1.82, 2.24) is 20.8 Å². The smallest absolute Gasteiger partial charge is 0.344 e. The summed E-state index contributed by atoms with van der Waals surface area (Å²) in [7, 11) is 0. The van der Waals surface area contributed by atoms with Crippen LogP contribution in [0, 0.1) is 5.92 Å². The fourth-order valence-electron chi connectivity index (χ4n) is 3.14. The molecule has 0 saturated heterocycles. The Morgan fingerprint density at radius 2 is 1.89 bits per heavy atom. The first-order valence-corrected chi connectivity index (χ1v) is 8.52. The highest BCUT2D eigenvalue weighted by Crippen LogP contribution is 2.31. The van der Waals surface area contributed by atoms with Gasteiger partial charge in [0.2, 0.25) is 0 Å². The number of aromatic amines is 1. The third-order valence-electron chi connectivity index (χ3n) is 4.57. The van der Waals surface area contributed by atoms with E-state index >= 15 is 0 Å². The zero-order chi connectivity index (χ0) is 18.9. The van der Waals surface area contributed by atoms with E-state index in [-0.39, 0.29) is 24.2 Å². The summed E-state index contributed by atoms with van der Waals surface area (Å²) in [4.78, 5) is 12.7. The second-order valence-electron chi connectivity index (χ2n) is 6.77. The van der Waals surface area contributed by atoms with Crippen molar-refractivity contribution in [3.05, 3.63) is 52.3 Å². The van der Waals surface area contributed by atoms with Gasteiger partial charge >= 0.3 is 6.18 Å². The van der Waals surface area contributed by atoms with Crippen LogP contribution in [0.1, 0.15) is 52.8 Å². The van der Waals surface area contributed by atoms with Gasteiger partial charge in [-0.3, -0.25) is 9.89 Å². The van der Waals surface area contributed by atoms with Crippen LogP contribution in [0.5, 0.6) is 0 Å². The average molecular weight is 403 g/mol. The van der Waals surface area contributed by atoms with Gasteiger partial charge in [0.1, 0.15) is 0 Å². The number of carbonyl (C=O) groups excluding carboxylic acids is 1. The molecule has 1 unspecified atom stereocenters. The fraction of sp³-hybridized carbons (Fsp3) is 0.444. The van der Waals surface area contributed by atoms with E-state index in [0.29, 0.717) is 17.8 Å². The minimum absolute atomic E-state index is 0. The van der Waals surface area contributed by atoms with E-state index in [9.17, 15) is 18.0 Å². The summed E-state index contributed by atoms with van der Waals surface area (Å²) in [6.45, 7) is 5.21. The quantitative estimate of drug-likeness (QED) is 0.731. The van der Waals surface area contributed by atoms with Crippen molar-refractivity contribution in [2.75, 3.05) is 6.54 Å². The maximum Gasteiger partial charge on any atom is 0.416 e. The summed E-state index contributed by atoms with van der Waals surface area (Å²) in [6.07, 6.45) is -3.60. The molecule has 0 spiro atoms. The molecule has 2 aromatic rings. The zero-order valence-electron chi connectivity index (χ0n) is 15.0. The van der Waals surface area contributed by atoms with Crippen molar-refractivity contribution in [2.45, 2.75) is 39.0 Å². The Morgan fingerprint density at radius 1 is 1.22 bits per heavy atom. The Balaban J connectivity index is 0.00000261. The highest BCUT2D eigenvalue weighted by Gasteiger charge is 2.31. The van der Waals surface area contributed by atoms with Gasteiger partial charge in [0.15, 0.2) is 5.69 Å². The van der Waals surface area contributed by atoms with Gasteiger partial charge in [0, 0.05) is 30.8 Å². The van der Waals surface area contributed by atoms with E-state index in [2.05, 4.69) is 20.8 Å². The molecule has 3 N–H and O–H groups in total. The molecule has 1 aliphatic rings. The van der Waals surface area contributed by atoms with Gasteiger partial charge in [0.05, 0.1) is 11.6 Å². The lowest BCUT2D eigenvalue weighted by Gasteiger charge is -2.23. The first-order valence-electron chi connectivity index (χ1n) is 8.52. The van der Waals surface area contributed by atoms with Crippen LogP contribution in [0.4, 0.5) is 13.2 Å². The summed E-state index contributed by atoms with van der Waals surface area (Å²) in [5.74, 6) is -0.326.